The number of anilines is 4. The molecule has 0 saturated carbocycles. The molecule has 1 atom stereocenters. The van der Waals surface area contributed by atoms with E-state index in [1.165, 1.54) is 13.1 Å². The molecule has 3 saturated heterocycles. The lowest BCUT2D eigenvalue weighted by Crippen LogP contribution is -2.52. The summed E-state index contributed by atoms with van der Waals surface area (Å²) in [5.74, 6) is -1.11. The van der Waals surface area contributed by atoms with Gasteiger partial charge in [-0.05, 0) is 68.5 Å². The number of halogens is 2. The van der Waals surface area contributed by atoms with E-state index in [1.807, 2.05) is 30.0 Å². The van der Waals surface area contributed by atoms with E-state index in [1.54, 1.807) is 29.0 Å². The number of amides is 4. The number of benzene rings is 2. The zero-order valence-electron chi connectivity index (χ0n) is 32.4. The summed E-state index contributed by atoms with van der Waals surface area (Å²) >= 11 is 6.56. The lowest BCUT2D eigenvalue weighted by molar-refractivity contribution is -0.134. The average Bonchev–Trinajstić information content (AvgIpc) is 3.22. The van der Waals surface area contributed by atoms with Crippen molar-refractivity contribution in [1.82, 2.24) is 35.4 Å². The van der Waals surface area contributed by atoms with Gasteiger partial charge in [-0.25, -0.2) is 9.37 Å². The van der Waals surface area contributed by atoms with Crippen LogP contribution in [0.1, 0.15) is 43.0 Å². The highest BCUT2D eigenvalue weighted by Crippen LogP contribution is 2.30. The summed E-state index contributed by atoms with van der Waals surface area (Å²) < 4.78 is 22.8. The molecule has 58 heavy (non-hydrogen) atoms. The molecule has 4 amide bonds. The summed E-state index contributed by atoms with van der Waals surface area (Å²) in [6, 6.07) is 11.0. The monoisotopic (exact) mass is 816 g/mol. The number of nitrogens with one attached hydrogen (secondary N) is 4. The Labute approximate surface area is 339 Å². The fourth-order valence-corrected chi connectivity index (χ4v) is 7.80. The van der Waals surface area contributed by atoms with Gasteiger partial charge in [0.05, 0.1) is 23.0 Å². The van der Waals surface area contributed by atoms with Crippen LogP contribution in [0.15, 0.2) is 53.5 Å². The Morgan fingerprint density at radius 2 is 1.78 bits per heavy atom. The zero-order chi connectivity index (χ0) is 40.9. The molecule has 18 heteroatoms. The Morgan fingerprint density at radius 3 is 2.50 bits per heavy atom. The molecule has 0 aliphatic carbocycles. The van der Waals surface area contributed by atoms with E-state index < -0.39 is 23.7 Å². The molecule has 2 aromatic heterocycles. The van der Waals surface area contributed by atoms with Crippen LogP contribution in [-0.2, 0) is 20.9 Å². The van der Waals surface area contributed by atoms with Gasteiger partial charge in [-0.2, -0.15) is 4.98 Å². The van der Waals surface area contributed by atoms with Crippen LogP contribution in [0.5, 0.6) is 5.75 Å². The van der Waals surface area contributed by atoms with Gasteiger partial charge >= 0.3 is 0 Å². The van der Waals surface area contributed by atoms with Crippen LogP contribution in [-0.4, -0.2) is 109 Å². The number of imide groups is 1. The fraction of sp³-hybridized carbons (Fsp3) is 0.425. The molecule has 0 radical (unpaired) electrons. The maximum Gasteiger partial charge on any atom is 0.293 e. The predicted octanol–water partition coefficient (Wildman–Crippen LogP) is 3.05. The van der Waals surface area contributed by atoms with E-state index in [0.717, 1.165) is 56.5 Å². The summed E-state index contributed by atoms with van der Waals surface area (Å²) in [6.45, 7) is 7.32. The minimum absolute atomic E-state index is 0.0804. The molecule has 1 unspecified atom stereocenters. The van der Waals surface area contributed by atoms with Crippen molar-refractivity contribution >= 4 is 69.3 Å². The third kappa shape index (κ3) is 9.00. The predicted molar refractivity (Wildman–Crippen MR) is 217 cm³/mol. The van der Waals surface area contributed by atoms with Crippen molar-refractivity contribution in [2.45, 2.75) is 45.2 Å². The number of piperazine rings is 1. The van der Waals surface area contributed by atoms with Crippen LogP contribution >= 0.6 is 11.6 Å². The van der Waals surface area contributed by atoms with E-state index in [4.69, 9.17) is 21.3 Å². The number of aryl methyl sites for hydroxylation is 1. The highest BCUT2D eigenvalue weighted by atomic mass is 35.5. The standard InChI is InChI=1S/C40H46ClFN10O6/c1-3-52-30-9-7-26(19-25(30)20-32(39(52)57)58-23-34(54)43-2)45-36-28(41)21-44-40(48-36)51-17-15-49(16-18-51)22-24-11-13-50(14-12-24)31-6-4-5-27(35(31)42)37(55)46-29-8-10-33(53)47-38(29)56/h4-7,9,19-21,24,29H,3,8,10-18,22-23H2,1-2H3,(H,43,54)(H,46,55)(H,44,45,48)(H,47,53,56). The number of carbonyl (C=O) groups excluding carboxylic acids is 4. The number of nitrogens with zero attached hydrogens (tertiary/aromatic N) is 6. The number of fused-ring (bicyclic) bond motifs is 1. The van der Waals surface area contributed by atoms with Crippen LogP contribution in [0.25, 0.3) is 10.9 Å². The number of aromatic nitrogens is 3. The average molecular weight is 817 g/mol. The Kier molecular flexibility index (Phi) is 12.4. The Balaban J connectivity index is 0.921. The van der Waals surface area contributed by atoms with E-state index in [-0.39, 0.29) is 48.1 Å². The first-order valence-corrected chi connectivity index (χ1v) is 19.8. The lowest BCUT2D eigenvalue weighted by atomic mass is 9.95. The quantitative estimate of drug-likeness (QED) is 0.154. The summed E-state index contributed by atoms with van der Waals surface area (Å²) in [5.41, 5.74) is 1.33. The largest absolute Gasteiger partial charge is 0.478 e. The molecule has 0 bridgehead atoms. The van der Waals surface area contributed by atoms with Crippen LogP contribution in [0.3, 0.4) is 0 Å². The van der Waals surface area contributed by atoms with Crippen molar-refractivity contribution in [2.24, 2.45) is 5.92 Å². The Bertz CT molecular complexity index is 2270. The first kappa shape index (κ1) is 40.4. The van der Waals surface area contributed by atoms with Gasteiger partial charge in [0.15, 0.2) is 24.0 Å². The van der Waals surface area contributed by atoms with Crippen molar-refractivity contribution in [3.8, 4) is 5.75 Å². The molecule has 7 rings (SSSR count). The smallest absolute Gasteiger partial charge is 0.293 e. The molecular weight excluding hydrogens is 771 g/mol. The second-order valence-corrected chi connectivity index (χ2v) is 15.0. The van der Waals surface area contributed by atoms with Crippen molar-refractivity contribution in [2.75, 3.05) is 74.6 Å². The molecule has 0 spiro atoms. The second kappa shape index (κ2) is 17.8. The van der Waals surface area contributed by atoms with Gasteiger partial charge in [-0.1, -0.05) is 17.7 Å². The van der Waals surface area contributed by atoms with E-state index >= 15 is 4.39 Å². The van der Waals surface area contributed by atoms with Crippen molar-refractivity contribution in [3.63, 3.8) is 0 Å². The number of likely N-dealkylation sites (N-methyl/N-ethyl adjacent to an activating group) is 1. The first-order valence-electron chi connectivity index (χ1n) is 19.5. The van der Waals surface area contributed by atoms with Gasteiger partial charge in [-0.3, -0.25) is 34.2 Å². The van der Waals surface area contributed by atoms with Gasteiger partial charge in [-0.15, -0.1) is 0 Å². The normalized spacial score (nSPS) is 17.9. The zero-order valence-corrected chi connectivity index (χ0v) is 33.1. The number of hydrogen-bond donors (Lipinski definition) is 4. The van der Waals surface area contributed by atoms with E-state index in [0.29, 0.717) is 53.7 Å². The van der Waals surface area contributed by atoms with Gasteiger partial charge in [0, 0.05) is 76.9 Å². The van der Waals surface area contributed by atoms with Crippen LogP contribution in [0.4, 0.5) is 27.5 Å². The molecule has 3 aliphatic rings. The maximum atomic E-state index is 15.7. The molecule has 3 fully saturated rings. The summed E-state index contributed by atoms with van der Waals surface area (Å²) in [6.07, 6.45) is 3.61. The molecule has 306 valence electrons. The lowest BCUT2D eigenvalue weighted by Gasteiger charge is -2.39. The summed E-state index contributed by atoms with van der Waals surface area (Å²) in [7, 11) is 1.50. The Hall–Kier alpha value is -5.81. The fourth-order valence-electron chi connectivity index (χ4n) is 7.67. The first-order chi connectivity index (χ1) is 28.0. The minimum Gasteiger partial charge on any atom is -0.478 e. The van der Waals surface area contributed by atoms with Crippen molar-refractivity contribution < 1.29 is 28.3 Å². The number of piperidine rings is 2. The molecule has 4 N–H and O–H groups in total. The maximum absolute atomic E-state index is 15.7. The molecule has 4 aromatic rings. The number of pyridine rings is 1. The molecule has 2 aromatic carbocycles. The number of hydrogen-bond acceptors (Lipinski definition) is 12. The summed E-state index contributed by atoms with van der Waals surface area (Å²) in [4.78, 5) is 77.1. The highest BCUT2D eigenvalue weighted by molar-refractivity contribution is 6.33. The number of carbonyl (C=O) groups is 4. The topological polar surface area (TPSA) is 183 Å². The van der Waals surface area contributed by atoms with Gasteiger partial charge in [0.2, 0.25) is 17.8 Å². The van der Waals surface area contributed by atoms with Crippen molar-refractivity contribution in [1.29, 1.82) is 0 Å². The highest BCUT2D eigenvalue weighted by Gasteiger charge is 2.31. The SMILES string of the molecule is CCn1c(=O)c(OCC(=O)NC)cc2cc(Nc3nc(N4CCN(CC5CCN(c6cccc(C(=O)NC7CCC(=O)NC7=O)c6F)CC5)CC4)ncc3Cl)ccc21. The Morgan fingerprint density at radius 1 is 1.00 bits per heavy atom. The van der Waals surface area contributed by atoms with Crippen LogP contribution < -0.4 is 41.4 Å². The van der Waals surface area contributed by atoms with Crippen LogP contribution in [0, 0.1) is 11.7 Å². The summed E-state index contributed by atoms with van der Waals surface area (Å²) in [5, 5.41) is 11.6. The van der Waals surface area contributed by atoms with E-state index in [2.05, 4.69) is 36.1 Å². The molecular formula is C40H46ClFN10O6. The molecule has 16 nitrogen and oxygen atoms in total. The van der Waals surface area contributed by atoms with Gasteiger partial charge in [0.25, 0.3) is 17.4 Å². The van der Waals surface area contributed by atoms with E-state index in [9.17, 15) is 24.0 Å². The third-order valence-corrected chi connectivity index (χ3v) is 11.2. The van der Waals surface area contributed by atoms with Crippen molar-refractivity contribution in [3.05, 3.63) is 75.4 Å². The number of ether oxygens (including phenoxy) is 1. The molecule has 3 aliphatic heterocycles. The second-order valence-electron chi connectivity index (χ2n) is 14.6. The third-order valence-electron chi connectivity index (χ3n) is 10.9. The van der Waals surface area contributed by atoms with Crippen LogP contribution in [0.2, 0.25) is 5.02 Å². The number of rotatable bonds is 12. The minimum atomic E-state index is -0.883. The molecule has 5 heterocycles. The van der Waals surface area contributed by atoms with Gasteiger partial charge < -0.3 is 35.1 Å². The van der Waals surface area contributed by atoms with Gasteiger partial charge in [0.1, 0.15) is 11.1 Å².